The normalized spacial score (nSPS) is 11.7. The average Bonchev–Trinajstić information content (AvgIpc) is 2.59. The summed E-state index contributed by atoms with van der Waals surface area (Å²) in [5.41, 5.74) is 0.815. The van der Waals surface area contributed by atoms with Crippen molar-refractivity contribution in [3.8, 4) is 0 Å². The fraction of sp³-hybridized carbons (Fsp3) is 0.318. The first-order chi connectivity index (χ1) is 12.4. The number of hydrogen-bond donors (Lipinski definition) is 2. The highest BCUT2D eigenvalue weighted by Crippen LogP contribution is 2.28. The van der Waals surface area contributed by atoms with Crippen LogP contribution in [0.25, 0.3) is 21.5 Å². The molecule has 3 aromatic carbocycles. The van der Waals surface area contributed by atoms with Crippen molar-refractivity contribution in [1.82, 2.24) is 10.6 Å². The van der Waals surface area contributed by atoms with Crippen molar-refractivity contribution in [1.29, 1.82) is 0 Å². The average molecular weight is 350 g/mol. The predicted molar refractivity (Wildman–Crippen MR) is 107 cm³/mol. The standard InChI is InChI=1S/C22H26N2O2/c1-22(2,3)26-21(25)24-13-12-23-15-20-18-10-6-4-8-16(18)14-17-9-5-7-11-19(17)20/h4-11,14,23H,12-13,15H2,1-3H3,(H,24,25). The second kappa shape index (κ2) is 7.75. The number of amides is 1. The predicted octanol–water partition coefficient (Wildman–Crippen LogP) is 4.61. The number of alkyl carbamates (subject to hydrolysis) is 1. The maximum absolute atomic E-state index is 11.7. The monoisotopic (exact) mass is 350 g/mol. The van der Waals surface area contributed by atoms with E-state index in [1.54, 1.807) is 0 Å². The summed E-state index contributed by atoms with van der Waals surface area (Å²) in [7, 11) is 0. The molecule has 0 aromatic heterocycles. The van der Waals surface area contributed by atoms with Crippen molar-refractivity contribution in [2.75, 3.05) is 13.1 Å². The van der Waals surface area contributed by atoms with Crippen molar-refractivity contribution in [3.63, 3.8) is 0 Å². The summed E-state index contributed by atoms with van der Waals surface area (Å²) in [6.45, 7) is 7.52. The van der Waals surface area contributed by atoms with Crippen LogP contribution in [0.15, 0.2) is 54.6 Å². The van der Waals surface area contributed by atoms with Crippen LogP contribution in [0, 0.1) is 0 Å². The van der Waals surface area contributed by atoms with Gasteiger partial charge in [-0.05, 0) is 53.9 Å². The molecule has 3 aromatic rings. The number of fused-ring (bicyclic) bond motifs is 2. The summed E-state index contributed by atoms with van der Waals surface area (Å²) in [4.78, 5) is 11.7. The lowest BCUT2D eigenvalue weighted by molar-refractivity contribution is 0.0528. The Labute approximate surface area is 154 Å². The summed E-state index contributed by atoms with van der Waals surface area (Å²) >= 11 is 0. The van der Waals surface area contributed by atoms with Gasteiger partial charge in [0.25, 0.3) is 0 Å². The first kappa shape index (κ1) is 18.2. The summed E-state index contributed by atoms with van der Waals surface area (Å²) in [6.07, 6.45) is -0.380. The van der Waals surface area contributed by atoms with Gasteiger partial charge in [0.15, 0.2) is 0 Å². The molecular formula is C22H26N2O2. The smallest absolute Gasteiger partial charge is 0.407 e. The number of hydrogen-bond acceptors (Lipinski definition) is 3. The molecule has 0 saturated carbocycles. The lowest BCUT2D eigenvalue weighted by atomic mass is 9.97. The van der Waals surface area contributed by atoms with Crippen LogP contribution in [0.5, 0.6) is 0 Å². The second-order valence-electron chi connectivity index (χ2n) is 7.40. The Kier molecular flexibility index (Phi) is 5.43. The van der Waals surface area contributed by atoms with Gasteiger partial charge in [-0.1, -0.05) is 48.5 Å². The quantitative estimate of drug-likeness (QED) is 0.522. The van der Waals surface area contributed by atoms with Crippen molar-refractivity contribution in [3.05, 3.63) is 60.2 Å². The van der Waals surface area contributed by atoms with Crippen molar-refractivity contribution < 1.29 is 9.53 Å². The van der Waals surface area contributed by atoms with Crippen LogP contribution < -0.4 is 10.6 Å². The molecule has 0 saturated heterocycles. The Morgan fingerprint density at radius 3 is 2.08 bits per heavy atom. The van der Waals surface area contributed by atoms with E-state index < -0.39 is 5.60 Å². The summed E-state index contributed by atoms with van der Waals surface area (Å²) in [6, 6.07) is 19.1. The van der Waals surface area contributed by atoms with E-state index in [4.69, 9.17) is 4.74 Å². The minimum atomic E-state index is -0.473. The van der Waals surface area contributed by atoms with E-state index in [1.807, 2.05) is 20.8 Å². The third-order valence-corrected chi connectivity index (χ3v) is 4.15. The van der Waals surface area contributed by atoms with Gasteiger partial charge in [0.1, 0.15) is 5.60 Å². The maximum atomic E-state index is 11.7. The van der Waals surface area contributed by atoms with Crippen LogP contribution in [0.2, 0.25) is 0 Å². The Morgan fingerprint density at radius 1 is 0.923 bits per heavy atom. The summed E-state index contributed by atoms with van der Waals surface area (Å²) in [5, 5.41) is 11.2. The molecule has 1 amide bonds. The van der Waals surface area contributed by atoms with E-state index in [9.17, 15) is 4.79 Å². The van der Waals surface area contributed by atoms with Crippen molar-refractivity contribution in [2.45, 2.75) is 32.9 Å². The zero-order valence-electron chi connectivity index (χ0n) is 15.6. The van der Waals surface area contributed by atoms with Gasteiger partial charge in [-0.2, -0.15) is 0 Å². The molecule has 0 aliphatic heterocycles. The molecule has 0 atom stereocenters. The molecule has 2 N–H and O–H groups in total. The van der Waals surface area contributed by atoms with E-state index in [0.29, 0.717) is 13.1 Å². The highest BCUT2D eigenvalue weighted by Gasteiger charge is 2.15. The third kappa shape index (κ3) is 4.52. The summed E-state index contributed by atoms with van der Waals surface area (Å²) < 4.78 is 5.24. The number of rotatable bonds is 5. The van der Waals surface area contributed by atoms with Gasteiger partial charge in [-0.25, -0.2) is 4.79 Å². The second-order valence-corrected chi connectivity index (χ2v) is 7.40. The highest BCUT2D eigenvalue weighted by atomic mass is 16.6. The topological polar surface area (TPSA) is 50.4 Å². The molecule has 0 spiro atoms. The Hall–Kier alpha value is -2.59. The van der Waals surface area contributed by atoms with Crippen LogP contribution in [-0.4, -0.2) is 24.8 Å². The number of ether oxygens (including phenoxy) is 1. The van der Waals surface area contributed by atoms with Gasteiger partial charge in [-0.3, -0.25) is 0 Å². The van der Waals surface area contributed by atoms with Gasteiger partial charge >= 0.3 is 6.09 Å². The van der Waals surface area contributed by atoms with E-state index >= 15 is 0 Å². The molecule has 3 rings (SSSR count). The van der Waals surface area contributed by atoms with Gasteiger partial charge < -0.3 is 15.4 Å². The van der Waals surface area contributed by atoms with Gasteiger partial charge in [0.2, 0.25) is 0 Å². The van der Waals surface area contributed by atoms with Crippen LogP contribution in [0.4, 0.5) is 4.79 Å². The van der Waals surface area contributed by atoms with E-state index in [-0.39, 0.29) is 6.09 Å². The Balaban J connectivity index is 1.66. The minimum absolute atomic E-state index is 0.380. The number of carbonyl (C=O) groups excluding carboxylic acids is 1. The van der Waals surface area contributed by atoms with Crippen LogP contribution in [0.3, 0.4) is 0 Å². The van der Waals surface area contributed by atoms with Crippen LogP contribution in [0.1, 0.15) is 26.3 Å². The molecule has 0 bridgehead atoms. The lowest BCUT2D eigenvalue weighted by Crippen LogP contribution is -2.36. The first-order valence-corrected chi connectivity index (χ1v) is 9.01. The molecule has 0 heterocycles. The fourth-order valence-corrected chi connectivity index (χ4v) is 3.08. The molecule has 26 heavy (non-hydrogen) atoms. The Morgan fingerprint density at radius 2 is 1.50 bits per heavy atom. The van der Waals surface area contributed by atoms with E-state index in [1.165, 1.54) is 27.1 Å². The zero-order chi connectivity index (χ0) is 18.6. The number of nitrogens with one attached hydrogen (secondary N) is 2. The molecular weight excluding hydrogens is 324 g/mol. The molecule has 0 radical (unpaired) electrons. The molecule has 4 heteroatoms. The molecule has 4 nitrogen and oxygen atoms in total. The Bertz CT molecular complexity index is 859. The minimum Gasteiger partial charge on any atom is -0.444 e. The largest absolute Gasteiger partial charge is 0.444 e. The number of benzene rings is 3. The lowest BCUT2D eigenvalue weighted by Gasteiger charge is -2.19. The van der Waals surface area contributed by atoms with Gasteiger partial charge in [-0.15, -0.1) is 0 Å². The van der Waals surface area contributed by atoms with E-state index in [2.05, 4.69) is 65.2 Å². The van der Waals surface area contributed by atoms with Crippen LogP contribution in [-0.2, 0) is 11.3 Å². The highest BCUT2D eigenvalue weighted by molar-refractivity contribution is 6.02. The first-order valence-electron chi connectivity index (χ1n) is 9.01. The van der Waals surface area contributed by atoms with Gasteiger partial charge in [0.05, 0.1) is 0 Å². The van der Waals surface area contributed by atoms with Gasteiger partial charge in [0, 0.05) is 19.6 Å². The molecule has 0 unspecified atom stereocenters. The zero-order valence-corrected chi connectivity index (χ0v) is 15.6. The van der Waals surface area contributed by atoms with Crippen LogP contribution >= 0.6 is 0 Å². The van der Waals surface area contributed by atoms with Crippen molar-refractivity contribution in [2.24, 2.45) is 0 Å². The molecule has 136 valence electrons. The number of carbonyl (C=O) groups is 1. The molecule has 0 aliphatic carbocycles. The molecule has 0 aliphatic rings. The SMILES string of the molecule is CC(C)(C)OC(=O)NCCNCc1c2ccccc2cc2ccccc12. The maximum Gasteiger partial charge on any atom is 0.407 e. The third-order valence-electron chi connectivity index (χ3n) is 4.15. The van der Waals surface area contributed by atoms with E-state index in [0.717, 1.165) is 6.54 Å². The van der Waals surface area contributed by atoms with Crippen molar-refractivity contribution >= 4 is 27.6 Å². The summed E-state index contributed by atoms with van der Waals surface area (Å²) in [5.74, 6) is 0. The fourth-order valence-electron chi connectivity index (χ4n) is 3.08. The molecule has 0 fully saturated rings.